The van der Waals surface area contributed by atoms with Crippen molar-refractivity contribution in [3.05, 3.63) is 52.7 Å². The van der Waals surface area contributed by atoms with Gasteiger partial charge in [0.05, 0.1) is 0 Å². The second kappa shape index (κ2) is 7.55. The highest BCUT2D eigenvalue weighted by molar-refractivity contribution is 6.30. The SMILES string of the molecule is NCCCCc1onc(-c2ccc(-c3cccc(Cl)c3)o2)c1C(N)=O. The fourth-order valence-electron chi connectivity index (χ4n) is 2.61. The van der Waals surface area contributed by atoms with Crippen molar-refractivity contribution in [1.29, 1.82) is 0 Å². The number of aryl methyl sites for hydroxylation is 1. The summed E-state index contributed by atoms with van der Waals surface area (Å²) in [6, 6.07) is 10.8. The second-order valence-corrected chi connectivity index (χ2v) is 6.05. The van der Waals surface area contributed by atoms with Gasteiger partial charge in [-0.2, -0.15) is 0 Å². The summed E-state index contributed by atoms with van der Waals surface area (Å²) in [7, 11) is 0. The van der Waals surface area contributed by atoms with Crippen molar-refractivity contribution in [1.82, 2.24) is 5.16 Å². The van der Waals surface area contributed by atoms with Crippen LogP contribution in [0.4, 0.5) is 0 Å². The van der Waals surface area contributed by atoms with Gasteiger partial charge in [0.25, 0.3) is 5.91 Å². The van der Waals surface area contributed by atoms with Gasteiger partial charge in [0.2, 0.25) is 0 Å². The summed E-state index contributed by atoms with van der Waals surface area (Å²) >= 11 is 6.01. The first-order chi connectivity index (χ1) is 12.1. The molecule has 0 fully saturated rings. The summed E-state index contributed by atoms with van der Waals surface area (Å²) in [5.41, 5.74) is 12.4. The zero-order valence-electron chi connectivity index (χ0n) is 13.5. The Hall–Kier alpha value is -2.57. The van der Waals surface area contributed by atoms with Crippen LogP contribution in [0.15, 0.2) is 45.3 Å². The minimum atomic E-state index is -0.597. The van der Waals surface area contributed by atoms with Gasteiger partial charge >= 0.3 is 0 Å². The Balaban J connectivity index is 1.93. The number of hydrogen-bond donors (Lipinski definition) is 2. The maximum atomic E-state index is 11.9. The van der Waals surface area contributed by atoms with Crippen molar-refractivity contribution in [2.24, 2.45) is 11.5 Å². The van der Waals surface area contributed by atoms with E-state index in [2.05, 4.69) is 5.16 Å². The number of rotatable bonds is 7. The molecule has 0 aliphatic heterocycles. The first-order valence-electron chi connectivity index (χ1n) is 7.94. The Bertz CT molecular complexity index is 885. The molecular formula is C18H18ClN3O3. The van der Waals surface area contributed by atoms with E-state index in [4.69, 9.17) is 32.0 Å². The van der Waals surface area contributed by atoms with E-state index < -0.39 is 5.91 Å². The number of primary amides is 1. The smallest absolute Gasteiger partial charge is 0.254 e. The van der Waals surface area contributed by atoms with E-state index in [0.717, 1.165) is 18.4 Å². The number of amides is 1. The van der Waals surface area contributed by atoms with Gasteiger partial charge in [0, 0.05) is 17.0 Å². The van der Waals surface area contributed by atoms with E-state index in [1.165, 1.54) is 0 Å². The zero-order chi connectivity index (χ0) is 17.8. The third kappa shape index (κ3) is 3.75. The lowest BCUT2D eigenvalue weighted by Crippen LogP contribution is -2.13. The molecule has 3 aromatic rings. The molecule has 0 aliphatic carbocycles. The summed E-state index contributed by atoms with van der Waals surface area (Å²) in [5.74, 6) is 0.884. The molecule has 0 saturated heterocycles. The summed E-state index contributed by atoms with van der Waals surface area (Å²) in [5, 5.41) is 4.59. The first kappa shape index (κ1) is 17.3. The van der Waals surface area contributed by atoms with Crippen LogP contribution in [0.3, 0.4) is 0 Å². The van der Waals surface area contributed by atoms with E-state index >= 15 is 0 Å². The minimum Gasteiger partial charge on any atom is -0.454 e. The molecule has 0 bridgehead atoms. The molecule has 7 heteroatoms. The van der Waals surface area contributed by atoms with Crippen molar-refractivity contribution in [3.8, 4) is 22.8 Å². The van der Waals surface area contributed by atoms with E-state index in [1.807, 2.05) is 12.1 Å². The van der Waals surface area contributed by atoms with Crippen LogP contribution in [0, 0.1) is 0 Å². The number of aromatic nitrogens is 1. The van der Waals surface area contributed by atoms with E-state index in [-0.39, 0.29) is 5.56 Å². The average Bonchev–Trinajstić information content (AvgIpc) is 3.21. The van der Waals surface area contributed by atoms with Crippen molar-refractivity contribution in [3.63, 3.8) is 0 Å². The molecule has 1 amide bonds. The molecule has 0 aliphatic rings. The van der Waals surface area contributed by atoms with Crippen LogP contribution < -0.4 is 11.5 Å². The fourth-order valence-corrected chi connectivity index (χ4v) is 2.80. The molecule has 130 valence electrons. The molecule has 6 nitrogen and oxygen atoms in total. The highest BCUT2D eigenvalue weighted by Gasteiger charge is 2.24. The molecule has 0 unspecified atom stereocenters. The number of nitrogens with two attached hydrogens (primary N) is 2. The molecule has 2 aromatic heterocycles. The van der Waals surface area contributed by atoms with Gasteiger partial charge in [-0.1, -0.05) is 28.9 Å². The summed E-state index contributed by atoms with van der Waals surface area (Å²) < 4.78 is 11.2. The van der Waals surface area contributed by atoms with E-state index in [9.17, 15) is 4.79 Å². The summed E-state index contributed by atoms with van der Waals surface area (Å²) in [6.07, 6.45) is 2.16. The van der Waals surface area contributed by atoms with Gasteiger partial charge < -0.3 is 20.4 Å². The second-order valence-electron chi connectivity index (χ2n) is 5.61. The Kier molecular flexibility index (Phi) is 5.21. The van der Waals surface area contributed by atoms with Crippen LogP contribution in [0.1, 0.15) is 29.0 Å². The van der Waals surface area contributed by atoms with Crippen LogP contribution in [0.2, 0.25) is 5.02 Å². The third-order valence-electron chi connectivity index (χ3n) is 3.82. The molecule has 0 spiro atoms. The monoisotopic (exact) mass is 359 g/mol. The topological polar surface area (TPSA) is 108 Å². The number of furan rings is 1. The maximum absolute atomic E-state index is 11.9. The average molecular weight is 360 g/mol. The third-order valence-corrected chi connectivity index (χ3v) is 4.05. The van der Waals surface area contributed by atoms with Gasteiger partial charge in [0.1, 0.15) is 17.1 Å². The quantitative estimate of drug-likeness (QED) is 0.626. The largest absolute Gasteiger partial charge is 0.454 e. The predicted octanol–water partition coefficient (Wildman–Crippen LogP) is 3.64. The van der Waals surface area contributed by atoms with Gasteiger partial charge in [-0.3, -0.25) is 4.79 Å². The maximum Gasteiger partial charge on any atom is 0.254 e. The number of nitrogens with zero attached hydrogens (tertiary/aromatic N) is 1. The summed E-state index contributed by atoms with van der Waals surface area (Å²) in [6.45, 7) is 0.577. The lowest BCUT2D eigenvalue weighted by Gasteiger charge is -1.99. The molecule has 0 saturated carbocycles. The van der Waals surface area contributed by atoms with Crippen LogP contribution in [-0.2, 0) is 6.42 Å². The van der Waals surface area contributed by atoms with Gasteiger partial charge in [-0.15, -0.1) is 0 Å². The molecule has 0 atom stereocenters. The molecule has 2 heterocycles. The first-order valence-corrected chi connectivity index (χ1v) is 8.32. The Morgan fingerprint density at radius 2 is 1.96 bits per heavy atom. The minimum absolute atomic E-state index is 0.254. The number of benzene rings is 1. The normalized spacial score (nSPS) is 11.0. The van der Waals surface area contributed by atoms with Crippen LogP contribution in [-0.4, -0.2) is 17.6 Å². The highest BCUT2D eigenvalue weighted by atomic mass is 35.5. The number of unbranched alkanes of at least 4 members (excludes halogenated alkanes) is 1. The van der Waals surface area contributed by atoms with Gasteiger partial charge in [0.15, 0.2) is 11.5 Å². The van der Waals surface area contributed by atoms with Crippen LogP contribution in [0.5, 0.6) is 0 Å². The van der Waals surface area contributed by atoms with Crippen molar-refractivity contribution in [2.45, 2.75) is 19.3 Å². The molecule has 4 N–H and O–H groups in total. The molecule has 25 heavy (non-hydrogen) atoms. The molecule has 0 radical (unpaired) electrons. The Morgan fingerprint density at radius 3 is 2.68 bits per heavy atom. The Labute approximate surface area is 149 Å². The van der Waals surface area contributed by atoms with Crippen LogP contribution in [0.25, 0.3) is 22.8 Å². The molecular weight excluding hydrogens is 342 g/mol. The van der Waals surface area contributed by atoms with Crippen molar-refractivity contribution < 1.29 is 13.7 Å². The number of carbonyl (C=O) groups is 1. The lowest BCUT2D eigenvalue weighted by molar-refractivity contribution is 0.0998. The molecule has 1 aromatic carbocycles. The number of halogens is 1. The molecule has 3 rings (SSSR count). The lowest BCUT2D eigenvalue weighted by atomic mass is 10.1. The standard InChI is InChI=1S/C18H18ClN3O3/c19-12-5-3-4-11(10-12)13-7-8-15(24-13)17-16(18(21)23)14(25-22-17)6-1-2-9-20/h3-5,7-8,10H,1-2,6,9,20H2,(H2,21,23). The highest BCUT2D eigenvalue weighted by Crippen LogP contribution is 2.32. The van der Waals surface area contributed by atoms with E-state index in [1.54, 1.807) is 24.3 Å². The number of carbonyl (C=O) groups excluding carboxylic acids is 1. The van der Waals surface area contributed by atoms with Crippen molar-refractivity contribution >= 4 is 17.5 Å². The van der Waals surface area contributed by atoms with E-state index in [0.29, 0.717) is 41.0 Å². The zero-order valence-corrected chi connectivity index (χ0v) is 14.3. The van der Waals surface area contributed by atoms with Gasteiger partial charge in [-0.05, 0) is 43.7 Å². The van der Waals surface area contributed by atoms with Crippen molar-refractivity contribution in [2.75, 3.05) is 6.54 Å². The number of hydrogen-bond acceptors (Lipinski definition) is 5. The van der Waals surface area contributed by atoms with Crippen LogP contribution >= 0.6 is 11.6 Å². The predicted molar refractivity (Wildman–Crippen MR) is 95.2 cm³/mol. The fraction of sp³-hybridized carbons (Fsp3) is 0.222. The van der Waals surface area contributed by atoms with Gasteiger partial charge in [-0.25, -0.2) is 0 Å². The Morgan fingerprint density at radius 1 is 1.16 bits per heavy atom. The summed E-state index contributed by atoms with van der Waals surface area (Å²) in [4.78, 5) is 11.9.